The third-order valence-electron chi connectivity index (χ3n) is 5.17. The van der Waals surface area contributed by atoms with Crippen molar-refractivity contribution in [2.45, 2.75) is 45.8 Å². The van der Waals surface area contributed by atoms with Crippen LogP contribution in [0.15, 0.2) is 78.9 Å². The summed E-state index contributed by atoms with van der Waals surface area (Å²) in [4.78, 5) is 11.7. The van der Waals surface area contributed by atoms with Crippen LogP contribution in [0.25, 0.3) is 0 Å². The average molecular weight is 487 g/mol. The van der Waals surface area contributed by atoms with Gasteiger partial charge in [-0.05, 0) is 41.3 Å². The van der Waals surface area contributed by atoms with Gasteiger partial charge in [0.1, 0.15) is 5.75 Å². The van der Waals surface area contributed by atoms with Crippen molar-refractivity contribution in [2.24, 2.45) is 0 Å². The summed E-state index contributed by atoms with van der Waals surface area (Å²) < 4.78 is 31.3. The normalized spacial score (nSPS) is 11.9. The van der Waals surface area contributed by atoms with Gasteiger partial charge in [-0.2, -0.15) is 0 Å². The van der Waals surface area contributed by atoms with Gasteiger partial charge >= 0.3 is 7.82 Å². The largest absolute Gasteiger partial charge is 0.530 e. The van der Waals surface area contributed by atoms with E-state index < -0.39 is 18.5 Å². The van der Waals surface area contributed by atoms with E-state index in [1.165, 1.54) is 0 Å². The molecule has 0 aliphatic rings. The first-order valence-electron chi connectivity index (χ1n) is 10.6. The minimum absolute atomic E-state index is 0.0532. The van der Waals surface area contributed by atoms with Crippen LogP contribution in [-0.2, 0) is 37.0 Å². The monoisotopic (exact) mass is 486 g/mol. The Bertz CT molecular complexity index is 1070. The van der Waals surface area contributed by atoms with Crippen molar-refractivity contribution in [1.29, 1.82) is 0 Å². The first-order chi connectivity index (χ1) is 15.7. The van der Waals surface area contributed by atoms with E-state index in [9.17, 15) is 9.36 Å². The Morgan fingerprint density at radius 3 is 1.85 bits per heavy atom. The minimum Gasteiger partial charge on any atom is -0.404 e. The van der Waals surface area contributed by atoms with E-state index in [1.54, 1.807) is 12.1 Å². The van der Waals surface area contributed by atoms with Crippen molar-refractivity contribution in [3.05, 3.63) is 101 Å². The summed E-state index contributed by atoms with van der Waals surface area (Å²) in [5.41, 5.74) is 2.63. The Hall–Kier alpha value is -2.43. The number of phosphoric ester groups is 1. The molecule has 3 rings (SSSR count). The molecule has 0 spiro atoms. The summed E-state index contributed by atoms with van der Waals surface area (Å²) in [6.07, 6.45) is 0.0931. The van der Waals surface area contributed by atoms with Crippen LogP contribution in [0.1, 0.15) is 42.5 Å². The zero-order valence-corrected chi connectivity index (χ0v) is 20.6. The maximum absolute atomic E-state index is 13.8. The molecule has 0 aliphatic carbocycles. The van der Waals surface area contributed by atoms with Crippen LogP contribution in [-0.4, -0.2) is 5.24 Å². The average Bonchev–Trinajstić information content (AvgIpc) is 2.77. The van der Waals surface area contributed by atoms with E-state index in [1.807, 2.05) is 87.5 Å². The molecule has 5 nitrogen and oxygen atoms in total. The van der Waals surface area contributed by atoms with E-state index in [4.69, 9.17) is 25.2 Å². The Morgan fingerprint density at radius 2 is 1.36 bits per heavy atom. The SMILES string of the molecule is Cc1cccc(OP(=O)(OCc2ccccc2)OCc2ccccc2)c1C(C)(C)CC(=O)Cl. The van der Waals surface area contributed by atoms with Crippen LogP contribution in [0, 0.1) is 6.92 Å². The van der Waals surface area contributed by atoms with Gasteiger partial charge in [-0.15, -0.1) is 0 Å². The summed E-state index contributed by atoms with van der Waals surface area (Å²) in [7, 11) is -4.04. The van der Waals surface area contributed by atoms with E-state index in [0.717, 1.165) is 22.3 Å². The molecule has 0 amide bonds. The van der Waals surface area contributed by atoms with Crippen LogP contribution >= 0.6 is 19.4 Å². The molecule has 174 valence electrons. The molecule has 0 bridgehead atoms. The molecule has 0 aromatic heterocycles. The van der Waals surface area contributed by atoms with Gasteiger partial charge in [0.15, 0.2) is 0 Å². The van der Waals surface area contributed by atoms with Gasteiger partial charge in [0.25, 0.3) is 0 Å². The number of carbonyl (C=O) groups excluding carboxylic acids is 1. The topological polar surface area (TPSA) is 61.8 Å². The molecule has 0 radical (unpaired) electrons. The third-order valence-corrected chi connectivity index (χ3v) is 6.61. The van der Waals surface area contributed by atoms with Gasteiger partial charge in [0.2, 0.25) is 5.24 Å². The quantitative estimate of drug-likeness (QED) is 0.209. The van der Waals surface area contributed by atoms with E-state index >= 15 is 0 Å². The van der Waals surface area contributed by atoms with Gasteiger partial charge in [-0.1, -0.05) is 86.6 Å². The predicted octanol–water partition coefficient (Wildman–Crippen LogP) is 7.35. The van der Waals surface area contributed by atoms with Crippen LogP contribution in [0.5, 0.6) is 5.75 Å². The van der Waals surface area contributed by atoms with E-state index in [2.05, 4.69) is 0 Å². The molecule has 0 N–H and O–H groups in total. The number of halogens is 1. The fourth-order valence-electron chi connectivity index (χ4n) is 3.69. The number of carbonyl (C=O) groups is 1. The maximum atomic E-state index is 13.8. The van der Waals surface area contributed by atoms with Crippen molar-refractivity contribution in [2.75, 3.05) is 0 Å². The molecule has 33 heavy (non-hydrogen) atoms. The molecule has 0 fully saturated rings. The molecule has 0 atom stereocenters. The fraction of sp³-hybridized carbons (Fsp3) is 0.269. The molecule has 0 heterocycles. The van der Waals surface area contributed by atoms with E-state index in [0.29, 0.717) is 5.75 Å². The maximum Gasteiger partial charge on any atom is 0.530 e. The highest BCUT2D eigenvalue weighted by atomic mass is 35.5. The van der Waals surface area contributed by atoms with Crippen molar-refractivity contribution in [3.8, 4) is 5.75 Å². The lowest BCUT2D eigenvalue weighted by atomic mass is 9.79. The molecule has 3 aromatic rings. The first kappa shape index (κ1) is 25.2. The second-order valence-corrected chi connectivity index (χ2v) is 10.4. The Kier molecular flexibility index (Phi) is 8.50. The number of benzene rings is 3. The highest BCUT2D eigenvalue weighted by molar-refractivity contribution is 7.48. The first-order valence-corrected chi connectivity index (χ1v) is 12.5. The van der Waals surface area contributed by atoms with E-state index in [-0.39, 0.29) is 19.6 Å². The molecular formula is C26H28ClO5P. The van der Waals surface area contributed by atoms with Gasteiger partial charge in [0, 0.05) is 17.4 Å². The number of hydrogen-bond acceptors (Lipinski definition) is 5. The Labute approximate surface area is 200 Å². The fourth-order valence-corrected chi connectivity index (χ4v) is 5.21. The highest BCUT2D eigenvalue weighted by Gasteiger charge is 2.34. The lowest BCUT2D eigenvalue weighted by Crippen LogP contribution is -2.22. The second-order valence-electron chi connectivity index (χ2n) is 8.42. The van der Waals surface area contributed by atoms with Crippen molar-refractivity contribution >= 4 is 24.7 Å². The lowest BCUT2D eigenvalue weighted by molar-refractivity contribution is -0.112. The molecule has 3 aromatic carbocycles. The summed E-state index contributed by atoms with van der Waals surface area (Å²) >= 11 is 5.70. The third kappa shape index (κ3) is 7.28. The van der Waals surface area contributed by atoms with Crippen molar-refractivity contribution in [1.82, 2.24) is 0 Å². The molecule has 7 heteroatoms. The summed E-state index contributed by atoms with van der Waals surface area (Å²) in [5.74, 6) is 0.336. The molecular weight excluding hydrogens is 459 g/mol. The summed E-state index contributed by atoms with van der Waals surface area (Å²) in [6.45, 7) is 5.80. The van der Waals surface area contributed by atoms with Crippen LogP contribution in [0.2, 0.25) is 0 Å². The number of phosphoric acid groups is 1. The molecule has 0 saturated heterocycles. The van der Waals surface area contributed by atoms with Crippen LogP contribution in [0.4, 0.5) is 0 Å². The zero-order chi connectivity index (χ0) is 23.9. The van der Waals surface area contributed by atoms with Gasteiger partial charge < -0.3 is 4.52 Å². The standard InChI is InChI=1S/C26H28ClO5P/c1-20-11-10-16-23(25(20)26(2,3)17-24(27)28)32-33(29,30-18-21-12-6-4-7-13-21)31-19-22-14-8-5-9-15-22/h4-16H,17-19H2,1-3H3. The van der Waals surface area contributed by atoms with Crippen LogP contribution in [0.3, 0.4) is 0 Å². The lowest BCUT2D eigenvalue weighted by Gasteiger charge is -2.29. The second kappa shape index (κ2) is 11.1. The van der Waals surface area contributed by atoms with Crippen molar-refractivity contribution in [3.63, 3.8) is 0 Å². The highest BCUT2D eigenvalue weighted by Crippen LogP contribution is 2.53. The summed E-state index contributed by atoms with van der Waals surface area (Å²) in [5, 5.41) is -0.460. The number of rotatable bonds is 11. The number of hydrogen-bond donors (Lipinski definition) is 0. The predicted molar refractivity (Wildman–Crippen MR) is 130 cm³/mol. The van der Waals surface area contributed by atoms with Crippen LogP contribution < -0.4 is 4.52 Å². The minimum atomic E-state index is -4.04. The Balaban J connectivity index is 1.91. The van der Waals surface area contributed by atoms with Gasteiger partial charge in [-0.25, -0.2) is 4.57 Å². The van der Waals surface area contributed by atoms with Gasteiger partial charge in [-0.3, -0.25) is 13.8 Å². The Morgan fingerprint density at radius 1 is 0.848 bits per heavy atom. The number of aryl methyl sites for hydroxylation is 1. The smallest absolute Gasteiger partial charge is 0.404 e. The molecule has 0 unspecified atom stereocenters. The van der Waals surface area contributed by atoms with Crippen molar-refractivity contribution < 1.29 is 22.9 Å². The molecule has 0 aliphatic heterocycles. The zero-order valence-electron chi connectivity index (χ0n) is 19.0. The van der Waals surface area contributed by atoms with Gasteiger partial charge in [0.05, 0.1) is 13.2 Å². The molecule has 0 saturated carbocycles. The summed E-state index contributed by atoms with van der Waals surface area (Å²) in [6, 6.07) is 24.2.